The molecule has 0 amide bonds. The van der Waals surface area contributed by atoms with Crippen LogP contribution in [0.4, 0.5) is 0 Å². The van der Waals surface area contributed by atoms with Gasteiger partial charge in [0, 0.05) is 24.2 Å². The zero-order valence-corrected chi connectivity index (χ0v) is 21.2. The second kappa shape index (κ2) is 10.5. The first-order chi connectivity index (χ1) is 17.0. The topological polar surface area (TPSA) is 48.8 Å². The summed E-state index contributed by atoms with van der Waals surface area (Å²) in [4.78, 5) is 9.11. The summed E-state index contributed by atoms with van der Waals surface area (Å²) in [6.45, 7) is 10.3. The van der Waals surface area contributed by atoms with E-state index in [0.29, 0.717) is 0 Å². The maximum Gasteiger partial charge on any atom is 0.128 e. The molecule has 3 aromatic rings. The molecule has 0 bridgehead atoms. The molecular formula is C31H36N4. The SMILES string of the molecule is Cc1cc(CCc2ccc(C3=NCCN3)cc2C)cc(CCc2ccc(C3=NCCN3)cc2C)c1. The average Bonchev–Trinajstić information content (AvgIpc) is 3.57. The van der Waals surface area contributed by atoms with E-state index in [1.807, 2.05) is 0 Å². The Morgan fingerprint density at radius 1 is 0.600 bits per heavy atom. The van der Waals surface area contributed by atoms with Crippen molar-refractivity contribution in [3.8, 4) is 0 Å². The monoisotopic (exact) mass is 464 g/mol. The number of nitrogens with zero attached hydrogens (tertiary/aromatic N) is 2. The number of benzene rings is 3. The molecule has 180 valence electrons. The van der Waals surface area contributed by atoms with Gasteiger partial charge in [0.05, 0.1) is 13.1 Å². The molecule has 2 aliphatic rings. The van der Waals surface area contributed by atoms with Gasteiger partial charge in [0.15, 0.2) is 0 Å². The first-order valence-electron chi connectivity index (χ1n) is 12.9. The second-order valence-electron chi connectivity index (χ2n) is 9.92. The third-order valence-corrected chi connectivity index (χ3v) is 7.14. The lowest BCUT2D eigenvalue weighted by molar-refractivity contribution is 0.917. The molecule has 2 aliphatic heterocycles. The van der Waals surface area contributed by atoms with E-state index < -0.39 is 0 Å². The maximum absolute atomic E-state index is 4.55. The van der Waals surface area contributed by atoms with Gasteiger partial charge in [0.1, 0.15) is 11.7 Å². The van der Waals surface area contributed by atoms with Crippen LogP contribution in [0.25, 0.3) is 0 Å². The Balaban J connectivity index is 1.22. The molecule has 0 saturated carbocycles. The van der Waals surface area contributed by atoms with Gasteiger partial charge in [-0.15, -0.1) is 0 Å². The standard InChI is InChI=1S/C31H36N4/c1-21-16-24(4-6-26-8-10-28(18-22(26)2)30-32-12-13-33-30)20-25(17-21)5-7-27-9-11-29(19-23(27)3)31-34-14-15-35-31/h8-11,16-20H,4-7,12-15H2,1-3H3,(H,32,33)(H,34,35). The van der Waals surface area contributed by atoms with Gasteiger partial charge in [0.2, 0.25) is 0 Å². The van der Waals surface area contributed by atoms with Gasteiger partial charge < -0.3 is 10.6 Å². The van der Waals surface area contributed by atoms with Crippen molar-refractivity contribution in [1.82, 2.24) is 10.6 Å². The van der Waals surface area contributed by atoms with Crippen molar-refractivity contribution >= 4 is 11.7 Å². The van der Waals surface area contributed by atoms with Crippen molar-refractivity contribution in [3.05, 3.63) is 105 Å². The number of nitrogens with one attached hydrogen (secondary N) is 2. The largest absolute Gasteiger partial charge is 0.368 e. The number of rotatable bonds is 8. The molecule has 0 atom stereocenters. The van der Waals surface area contributed by atoms with Gasteiger partial charge in [-0.05, 0) is 92.0 Å². The van der Waals surface area contributed by atoms with E-state index in [2.05, 4.69) is 96.0 Å². The van der Waals surface area contributed by atoms with Crippen molar-refractivity contribution in [2.75, 3.05) is 26.2 Å². The summed E-state index contributed by atoms with van der Waals surface area (Å²) in [6, 6.07) is 20.6. The summed E-state index contributed by atoms with van der Waals surface area (Å²) in [5.74, 6) is 2.08. The lowest BCUT2D eigenvalue weighted by atomic mass is 9.94. The fourth-order valence-corrected chi connectivity index (χ4v) is 5.22. The zero-order valence-electron chi connectivity index (χ0n) is 21.2. The molecule has 35 heavy (non-hydrogen) atoms. The normalized spacial score (nSPS) is 14.9. The summed E-state index contributed by atoms with van der Waals surface area (Å²) in [6.07, 6.45) is 4.26. The van der Waals surface area contributed by atoms with E-state index in [9.17, 15) is 0 Å². The molecule has 0 aromatic heterocycles. The molecule has 0 unspecified atom stereocenters. The Kier molecular flexibility index (Phi) is 6.98. The molecule has 2 heterocycles. The molecule has 0 saturated heterocycles. The van der Waals surface area contributed by atoms with Crippen LogP contribution >= 0.6 is 0 Å². The summed E-state index contributed by atoms with van der Waals surface area (Å²) < 4.78 is 0. The summed E-state index contributed by atoms with van der Waals surface area (Å²) in [5.41, 5.74) is 12.2. The molecule has 3 aromatic carbocycles. The Bertz CT molecular complexity index is 1190. The predicted octanol–water partition coefficient (Wildman–Crippen LogP) is 4.88. The van der Waals surface area contributed by atoms with Crippen molar-refractivity contribution in [3.63, 3.8) is 0 Å². The van der Waals surface area contributed by atoms with Crippen LogP contribution in [0.15, 0.2) is 64.6 Å². The smallest absolute Gasteiger partial charge is 0.128 e. The highest BCUT2D eigenvalue weighted by Gasteiger charge is 2.11. The van der Waals surface area contributed by atoms with E-state index >= 15 is 0 Å². The van der Waals surface area contributed by atoms with Crippen molar-refractivity contribution < 1.29 is 0 Å². The minimum absolute atomic E-state index is 0.879. The fourth-order valence-electron chi connectivity index (χ4n) is 5.22. The third-order valence-electron chi connectivity index (χ3n) is 7.14. The minimum atomic E-state index is 0.879. The number of hydrogen-bond donors (Lipinski definition) is 2. The zero-order chi connectivity index (χ0) is 24.2. The lowest BCUT2D eigenvalue weighted by Gasteiger charge is -2.12. The van der Waals surface area contributed by atoms with Crippen LogP contribution in [-0.2, 0) is 25.7 Å². The number of aliphatic imine (C=N–C) groups is 2. The Hall–Kier alpha value is -3.40. The molecule has 0 aliphatic carbocycles. The molecule has 0 spiro atoms. The van der Waals surface area contributed by atoms with Crippen LogP contribution in [0.1, 0.15) is 50.1 Å². The lowest BCUT2D eigenvalue weighted by Crippen LogP contribution is -2.19. The first-order valence-corrected chi connectivity index (χ1v) is 12.9. The highest BCUT2D eigenvalue weighted by Crippen LogP contribution is 2.20. The van der Waals surface area contributed by atoms with Crippen LogP contribution in [0, 0.1) is 20.8 Å². The van der Waals surface area contributed by atoms with Gasteiger partial charge >= 0.3 is 0 Å². The molecule has 5 rings (SSSR count). The third kappa shape index (κ3) is 5.64. The molecule has 4 nitrogen and oxygen atoms in total. The van der Waals surface area contributed by atoms with E-state index in [4.69, 9.17) is 0 Å². The average molecular weight is 465 g/mol. The second-order valence-corrected chi connectivity index (χ2v) is 9.92. The number of aryl methyl sites for hydroxylation is 7. The molecule has 2 N–H and O–H groups in total. The van der Waals surface area contributed by atoms with E-state index in [-0.39, 0.29) is 0 Å². The van der Waals surface area contributed by atoms with E-state index in [0.717, 1.165) is 63.5 Å². The van der Waals surface area contributed by atoms with Crippen molar-refractivity contribution in [2.45, 2.75) is 46.5 Å². The molecule has 0 radical (unpaired) electrons. The minimum Gasteiger partial charge on any atom is -0.368 e. The number of hydrogen-bond acceptors (Lipinski definition) is 4. The van der Waals surface area contributed by atoms with Gasteiger partial charge in [-0.25, -0.2) is 0 Å². The first kappa shape index (κ1) is 23.3. The van der Waals surface area contributed by atoms with Crippen LogP contribution in [-0.4, -0.2) is 37.9 Å². The molecule has 0 fully saturated rings. The van der Waals surface area contributed by atoms with Crippen molar-refractivity contribution in [1.29, 1.82) is 0 Å². The van der Waals surface area contributed by atoms with Gasteiger partial charge in [-0.2, -0.15) is 0 Å². The quantitative estimate of drug-likeness (QED) is 0.499. The summed E-state index contributed by atoms with van der Waals surface area (Å²) in [5, 5.41) is 6.75. The molecule has 4 heteroatoms. The Labute approximate surface area is 209 Å². The van der Waals surface area contributed by atoms with Crippen LogP contribution in [0.3, 0.4) is 0 Å². The Morgan fingerprint density at radius 2 is 1.09 bits per heavy atom. The fraction of sp³-hybridized carbons (Fsp3) is 0.355. The van der Waals surface area contributed by atoms with E-state index in [1.54, 1.807) is 0 Å². The van der Waals surface area contributed by atoms with Gasteiger partial charge in [-0.3, -0.25) is 9.98 Å². The maximum atomic E-state index is 4.55. The van der Waals surface area contributed by atoms with Crippen LogP contribution in [0.5, 0.6) is 0 Å². The molecular weight excluding hydrogens is 428 g/mol. The van der Waals surface area contributed by atoms with Crippen LogP contribution in [0.2, 0.25) is 0 Å². The number of amidine groups is 2. The predicted molar refractivity (Wildman–Crippen MR) is 147 cm³/mol. The summed E-state index contributed by atoms with van der Waals surface area (Å²) >= 11 is 0. The van der Waals surface area contributed by atoms with Gasteiger partial charge in [-0.1, -0.05) is 48.0 Å². The van der Waals surface area contributed by atoms with E-state index in [1.165, 1.54) is 50.1 Å². The highest BCUT2D eigenvalue weighted by molar-refractivity contribution is 6.00. The van der Waals surface area contributed by atoms with Crippen molar-refractivity contribution in [2.24, 2.45) is 9.98 Å². The van der Waals surface area contributed by atoms with Crippen LogP contribution < -0.4 is 10.6 Å². The highest BCUT2D eigenvalue weighted by atomic mass is 15.1. The Morgan fingerprint density at radius 3 is 1.49 bits per heavy atom. The summed E-state index contributed by atoms with van der Waals surface area (Å²) in [7, 11) is 0. The van der Waals surface area contributed by atoms with Gasteiger partial charge in [0.25, 0.3) is 0 Å².